The number of methoxy groups -OCH3 is 1. The number of ether oxygens (including phenoxy) is 2. The Bertz CT molecular complexity index is 299. The smallest absolute Gasteiger partial charge is 0.313 e. The highest BCUT2D eigenvalue weighted by Crippen LogP contribution is 2.26. The van der Waals surface area contributed by atoms with Crippen molar-refractivity contribution in [2.75, 3.05) is 25.2 Å². The summed E-state index contributed by atoms with van der Waals surface area (Å²) in [5, 5.41) is 11.3. The number of nitrogens with one attached hydrogen (secondary N) is 1. The number of rotatable bonds is 8. The fourth-order valence-corrected chi connectivity index (χ4v) is 2.44. The first-order chi connectivity index (χ1) is 8.58. The molecule has 0 aromatic heterocycles. The van der Waals surface area contributed by atoms with Crippen molar-refractivity contribution < 1.29 is 24.2 Å². The van der Waals surface area contributed by atoms with Crippen LogP contribution in [0.4, 0.5) is 0 Å². The Morgan fingerprint density at radius 1 is 1.44 bits per heavy atom. The van der Waals surface area contributed by atoms with Crippen LogP contribution >= 0.6 is 11.8 Å². The van der Waals surface area contributed by atoms with Crippen molar-refractivity contribution in [3.8, 4) is 0 Å². The molecule has 0 saturated heterocycles. The second-order valence-corrected chi connectivity index (χ2v) is 4.98. The van der Waals surface area contributed by atoms with Crippen molar-refractivity contribution in [1.82, 2.24) is 5.32 Å². The zero-order valence-electron chi connectivity index (χ0n) is 10.5. The molecule has 0 aromatic rings. The molecule has 18 heavy (non-hydrogen) atoms. The van der Waals surface area contributed by atoms with E-state index in [4.69, 9.17) is 14.6 Å². The summed E-state index contributed by atoms with van der Waals surface area (Å²) in [6, 6.07) is -0.0375. The molecule has 1 rings (SSSR count). The van der Waals surface area contributed by atoms with Crippen molar-refractivity contribution in [3.63, 3.8) is 0 Å². The number of hydrogen-bond donors (Lipinski definition) is 2. The van der Waals surface area contributed by atoms with Crippen LogP contribution in [-0.4, -0.2) is 60.5 Å². The van der Waals surface area contributed by atoms with Gasteiger partial charge in [-0.05, 0) is 13.3 Å². The summed E-state index contributed by atoms with van der Waals surface area (Å²) in [4.78, 5) is 21.8. The molecule has 3 atom stereocenters. The molecule has 0 aromatic carbocycles. The maximum atomic E-state index is 11.5. The van der Waals surface area contributed by atoms with Crippen LogP contribution in [0, 0.1) is 0 Å². The highest BCUT2D eigenvalue weighted by Gasteiger charge is 2.42. The van der Waals surface area contributed by atoms with E-state index in [0.717, 1.165) is 18.2 Å². The highest BCUT2D eigenvalue weighted by atomic mass is 32.2. The van der Waals surface area contributed by atoms with Gasteiger partial charge in [0.1, 0.15) is 6.10 Å². The number of carboxylic acid groups (broad SMARTS) is 1. The van der Waals surface area contributed by atoms with E-state index in [1.807, 2.05) is 6.92 Å². The van der Waals surface area contributed by atoms with Gasteiger partial charge in [-0.25, -0.2) is 0 Å². The number of carboxylic acids is 1. The summed E-state index contributed by atoms with van der Waals surface area (Å²) < 4.78 is 10.7. The van der Waals surface area contributed by atoms with Gasteiger partial charge in [0.2, 0.25) is 5.91 Å². The largest absolute Gasteiger partial charge is 0.481 e. The second-order valence-electron chi connectivity index (χ2n) is 3.99. The van der Waals surface area contributed by atoms with Crippen molar-refractivity contribution in [1.29, 1.82) is 0 Å². The van der Waals surface area contributed by atoms with E-state index in [2.05, 4.69) is 5.32 Å². The number of carbonyl (C=O) groups excluding carboxylic acids is 1. The minimum absolute atomic E-state index is 0.0375. The average molecular weight is 277 g/mol. The van der Waals surface area contributed by atoms with Crippen LogP contribution in [0.25, 0.3) is 0 Å². The summed E-state index contributed by atoms with van der Waals surface area (Å²) >= 11 is 1.08. The van der Waals surface area contributed by atoms with Crippen LogP contribution in [-0.2, 0) is 19.1 Å². The Balaban J connectivity index is 2.22. The summed E-state index contributed by atoms with van der Waals surface area (Å²) in [6.45, 7) is 2.54. The van der Waals surface area contributed by atoms with Gasteiger partial charge in [0, 0.05) is 13.7 Å². The standard InChI is InChI=1S/C11H19NO5S/c1-3-17-8-4-7(11(8)16-2)12-9(13)5-18-6-10(14)15/h7-8,11H,3-6H2,1-2H3,(H,12,13)(H,14,15). The third kappa shape index (κ3) is 4.47. The van der Waals surface area contributed by atoms with Gasteiger partial charge in [0.25, 0.3) is 0 Å². The molecule has 1 saturated carbocycles. The normalized spacial score (nSPS) is 26.4. The summed E-state index contributed by atoms with van der Waals surface area (Å²) in [6.07, 6.45) is 0.664. The highest BCUT2D eigenvalue weighted by molar-refractivity contribution is 8.00. The van der Waals surface area contributed by atoms with E-state index >= 15 is 0 Å². The lowest BCUT2D eigenvalue weighted by Crippen LogP contribution is -2.61. The Morgan fingerprint density at radius 2 is 2.17 bits per heavy atom. The first-order valence-corrected chi connectivity index (χ1v) is 6.97. The van der Waals surface area contributed by atoms with Gasteiger partial charge in [0.05, 0.1) is 23.7 Å². The fraction of sp³-hybridized carbons (Fsp3) is 0.818. The predicted octanol–water partition coefficient (Wildman–Crippen LogP) is 0.113. The Hall–Kier alpha value is -0.790. The number of carbonyl (C=O) groups is 2. The van der Waals surface area contributed by atoms with Gasteiger partial charge in [-0.15, -0.1) is 11.8 Å². The predicted molar refractivity (Wildman–Crippen MR) is 67.7 cm³/mol. The van der Waals surface area contributed by atoms with E-state index in [-0.39, 0.29) is 35.7 Å². The molecule has 1 amide bonds. The molecule has 1 fully saturated rings. The number of thioether (sulfide) groups is 1. The van der Waals surface area contributed by atoms with Crippen molar-refractivity contribution in [3.05, 3.63) is 0 Å². The molecule has 7 heteroatoms. The topological polar surface area (TPSA) is 84.9 Å². The Kier molecular flexibility index (Phi) is 6.45. The summed E-state index contributed by atoms with van der Waals surface area (Å²) in [7, 11) is 1.59. The van der Waals surface area contributed by atoms with Crippen LogP contribution < -0.4 is 5.32 Å². The fourth-order valence-electron chi connectivity index (χ4n) is 1.90. The summed E-state index contributed by atoms with van der Waals surface area (Å²) in [5.74, 6) is -0.989. The van der Waals surface area contributed by atoms with E-state index in [1.54, 1.807) is 7.11 Å². The molecular weight excluding hydrogens is 258 g/mol. The van der Waals surface area contributed by atoms with Crippen LogP contribution in [0.1, 0.15) is 13.3 Å². The number of amides is 1. The molecule has 0 radical (unpaired) electrons. The maximum absolute atomic E-state index is 11.5. The summed E-state index contributed by atoms with van der Waals surface area (Å²) in [5.41, 5.74) is 0. The second kappa shape index (κ2) is 7.60. The number of hydrogen-bond acceptors (Lipinski definition) is 5. The molecule has 1 aliphatic rings. The zero-order chi connectivity index (χ0) is 13.5. The lowest BCUT2D eigenvalue weighted by Gasteiger charge is -2.43. The van der Waals surface area contributed by atoms with E-state index in [0.29, 0.717) is 6.61 Å². The van der Waals surface area contributed by atoms with Gasteiger partial charge >= 0.3 is 5.97 Å². The quantitative estimate of drug-likeness (QED) is 0.655. The average Bonchev–Trinajstić information content (AvgIpc) is 2.27. The van der Waals surface area contributed by atoms with Crippen LogP contribution in [0.3, 0.4) is 0 Å². The van der Waals surface area contributed by atoms with Gasteiger partial charge < -0.3 is 19.9 Å². The molecule has 2 N–H and O–H groups in total. The van der Waals surface area contributed by atoms with Crippen LogP contribution in [0.15, 0.2) is 0 Å². The molecule has 6 nitrogen and oxygen atoms in total. The lowest BCUT2D eigenvalue weighted by atomic mass is 9.85. The first kappa shape index (κ1) is 15.3. The van der Waals surface area contributed by atoms with Crippen LogP contribution in [0.5, 0.6) is 0 Å². The first-order valence-electron chi connectivity index (χ1n) is 5.81. The Labute approximate surface area is 110 Å². The molecule has 3 unspecified atom stereocenters. The monoisotopic (exact) mass is 277 g/mol. The van der Waals surface area contributed by atoms with E-state index < -0.39 is 5.97 Å². The van der Waals surface area contributed by atoms with Crippen molar-refractivity contribution >= 4 is 23.6 Å². The van der Waals surface area contributed by atoms with E-state index in [9.17, 15) is 9.59 Å². The van der Waals surface area contributed by atoms with Gasteiger partial charge in [0.15, 0.2) is 0 Å². The van der Waals surface area contributed by atoms with Crippen molar-refractivity contribution in [2.45, 2.75) is 31.6 Å². The van der Waals surface area contributed by atoms with E-state index in [1.165, 1.54) is 0 Å². The van der Waals surface area contributed by atoms with Gasteiger partial charge in [-0.1, -0.05) is 0 Å². The zero-order valence-corrected chi connectivity index (χ0v) is 11.4. The van der Waals surface area contributed by atoms with Crippen molar-refractivity contribution in [2.24, 2.45) is 0 Å². The van der Waals surface area contributed by atoms with Gasteiger partial charge in [-0.2, -0.15) is 0 Å². The van der Waals surface area contributed by atoms with Crippen LogP contribution in [0.2, 0.25) is 0 Å². The minimum atomic E-state index is -0.914. The molecule has 0 aliphatic heterocycles. The van der Waals surface area contributed by atoms with Gasteiger partial charge in [-0.3, -0.25) is 9.59 Å². The number of aliphatic carboxylic acids is 1. The molecule has 104 valence electrons. The maximum Gasteiger partial charge on any atom is 0.313 e. The molecule has 1 aliphatic carbocycles. The third-order valence-electron chi connectivity index (χ3n) is 2.71. The molecule has 0 spiro atoms. The molecular formula is C11H19NO5S. The molecule has 0 heterocycles. The lowest BCUT2D eigenvalue weighted by molar-refractivity contribution is -0.141. The molecule has 0 bridgehead atoms. The third-order valence-corrected chi connectivity index (χ3v) is 3.62. The Morgan fingerprint density at radius 3 is 2.72 bits per heavy atom. The minimum Gasteiger partial charge on any atom is -0.481 e. The SMILES string of the molecule is CCOC1CC(NC(=O)CSCC(=O)O)C1OC.